The average molecular weight is 423 g/mol. The third-order valence-electron chi connectivity index (χ3n) is 6.45. The number of hydrogen-bond acceptors (Lipinski definition) is 6. The predicted octanol–water partition coefficient (Wildman–Crippen LogP) is 0.406. The fourth-order valence-corrected chi connectivity index (χ4v) is 5.84. The molecule has 3 aliphatic rings. The number of piperidine rings is 1. The third-order valence-corrected chi connectivity index (χ3v) is 8.06. The zero-order chi connectivity index (χ0) is 20.4. The first-order chi connectivity index (χ1) is 13.9. The van der Waals surface area contributed by atoms with E-state index in [1.165, 1.54) is 0 Å². The highest BCUT2D eigenvalue weighted by Crippen LogP contribution is 2.27. The van der Waals surface area contributed by atoms with Crippen LogP contribution in [-0.2, 0) is 27.6 Å². The largest absolute Gasteiger partial charge is 0.342 e. The normalized spacial score (nSPS) is 23.4. The Morgan fingerprint density at radius 3 is 2.48 bits per heavy atom. The van der Waals surface area contributed by atoms with Crippen molar-refractivity contribution in [2.24, 2.45) is 0 Å². The highest BCUT2D eigenvalue weighted by atomic mass is 32.2. The standard InChI is InChI=1S/C20H30N4O4S/c25-19-14-17(21-18-4-2-1-3-7-24(18)19)16-5-8-23(9-6-16)20(26)15-22-10-12-29(27,28)13-11-22/h14,16H,1-13,15H2. The van der Waals surface area contributed by atoms with E-state index in [4.69, 9.17) is 4.98 Å². The molecule has 1 aromatic heterocycles. The number of carbonyl (C=O) groups excluding carboxylic acids is 1. The van der Waals surface area contributed by atoms with Crippen molar-refractivity contribution in [2.45, 2.75) is 51.0 Å². The number of fused-ring (bicyclic) bond motifs is 1. The molecule has 0 bridgehead atoms. The lowest BCUT2D eigenvalue weighted by atomic mass is 9.93. The van der Waals surface area contributed by atoms with Gasteiger partial charge in [-0.15, -0.1) is 0 Å². The van der Waals surface area contributed by atoms with Gasteiger partial charge in [0.1, 0.15) is 5.82 Å². The van der Waals surface area contributed by atoms with Gasteiger partial charge in [0.25, 0.3) is 5.56 Å². The van der Waals surface area contributed by atoms with Crippen LogP contribution in [0.2, 0.25) is 0 Å². The summed E-state index contributed by atoms with van der Waals surface area (Å²) in [6.45, 7) is 3.26. The van der Waals surface area contributed by atoms with Crippen LogP contribution in [0.5, 0.6) is 0 Å². The summed E-state index contributed by atoms with van der Waals surface area (Å²) in [4.78, 5) is 33.8. The van der Waals surface area contributed by atoms with Crippen molar-refractivity contribution in [2.75, 3.05) is 44.2 Å². The van der Waals surface area contributed by atoms with Crippen LogP contribution in [0.3, 0.4) is 0 Å². The molecule has 2 saturated heterocycles. The molecule has 0 atom stereocenters. The van der Waals surface area contributed by atoms with E-state index >= 15 is 0 Å². The summed E-state index contributed by atoms with van der Waals surface area (Å²) in [5, 5.41) is 0. The van der Waals surface area contributed by atoms with Crippen LogP contribution < -0.4 is 5.56 Å². The zero-order valence-electron chi connectivity index (χ0n) is 16.9. The van der Waals surface area contributed by atoms with Gasteiger partial charge in [-0.25, -0.2) is 13.4 Å². The van der Waals surface area contributed by atoms with Crippen LogP contribution in [0.25, 0.3) is 0 Å². The molecule has 160 valence electrons. The quantitative estimate of drug-likeness (QED) is 0.700. The van der Waals surface area contributed by atoms with Gasteiger partial charge in [-0.1, -0.05) is 6.42 Å². The Kier molecular flexibility index (Phi) is 6.06. The van der Waals surface area contributed by atoms with E-state index in [2.05, 4.69) is 0 Å². The summed E-state index contributed by atoms with van der Waals surface area (Å²) in [5.41, 5.74) is 0.946. The topological polar surface area (TPSA) is 92.6 Å². The molecule has 9 heteroatoms. The zero-order valence-corrected chi connectivity index (χ0v) is 17.7. The molecule has 0 saturated carbocycles. The Morgan fingerprint density at radius 2 is 1.76 bits per heavy atom. The second kappa shape index (κ2) is 8.55. The van der Waals surface area contributed by atoms with Gasteiger partial charge in [0.15, 0.2) is 9.84 Å². The molecule has 4 heterocycles. The lowest BCUT2D eigenvalue weighted by molar-refractivity contribution is -0.133. The molecule has 0 spiro atoms. The molecule has 29 heavy (non-hydrogen) atoms. The van der Waals surface area contributed by atoms with Crippen molar-refractivity contribution < 1.29 is 13.2 Å². The minimum absolute atomic E-state index is 0.0606. The van der Waals surface area contributed by atoms with Gasteiger partial charge in [-0.05, 0) is 25.7 Å². The maximum Gasteiger partial charge on any atom is 0.253 e. The summed E-state index contributed by atoms with van der Waals surface area (Å²) in [6.07, 6.45) is 5.76. The molecule has 4 rings (SSSR count). The first-order valence-corrected chi connectivity index (χ1v) is 12.5. The van der Waals surface area contributed by atoms with E-state index in [1.54, 1.807) is 6.07 Å². The second-order valence-electron chi connectivity index (χ2n) is 8.48. The molecule has 1 aromatic rings. The van der Waals surface area contributed by atoms with Gasteiger partial charge in [-0.3, -0.25) is 19.1 Å². The number of aromatic nitrogens is 2. The Morgan fingerprint density at radius 1 is 1.03 bits per heavy atom. The van der Waals surface area contributed by atoms with E-state index < -0.39 is 9.84 Å². The predicted molar refractivity (Wildman–Crippen MR) is 110 cm³/mol. The van der Waals surface area contributed by atoms with Crippen molar-refractivity contribution in [3.05, 3.63) is 27.9 Å². The van der Waals surface area contributed by atoms with E-state index in [-0.39, 0.29) is 28.9 Å². The Hall–Kier alpha value is -1.74. The fourth-order valence-electron chi connectivity index (χ4n) is 4.57. The lowest BCUT2D eigenvalue weighted by Gasteiger charge is -2.34. The van der Waals surface area contributed by atoms with Gasteiger partial charge in [0, 0.05) is 51.1 Å². The van der Waals surface area contributed by atoms with E-state index in [9.17, 15) is 18.0 Å². The number of sulfone groups is 1. The van der Waals surface area contributed by atoms with Crippen molar-refractivity contribution in [1.29, 1.82) is 0 Å². The molecule has 0 aliphatic carbocycles. The monoisotopic (exact) mass is 422 g/mol. The minimum atomic E-state index is -2.93. The summed E-state index contributed by atoms with van der Waals surface area (Å²) < 4.78 is 24.9. The number of aryl methyl sites for hydroxylation is 1. The highest BCUT2D eigenvalue weighted by Gasteiger charge is 2.28. The van der Waals surface area contributed by atoms with Crippen LogP contribution >= 0.6 is 0 Å². The van der Waals surface area contributed by atoms with E-state index in [0.717, 1.165) is 56.6 Å². The van der Waals surface area contributed by atoms with Gasteiger partial charge < -0.3 is 4.90 Å². The molecule has 0 radical (unpaired) electrons. The molecule has 1 amide bonds. The van der Waals surface area contributed by atoms with E-state index in [0.29, 0.717) is 32.7 Å². The summed E-state index contributed by atoms with van der Waals surface area (Å²) in [5.74, 6) is 1.49. The molecule has 3 aliphatic heterocycles. The maximum absolute atomic E-state index is 12.6. The van der Waals surface area contributed by atoms with Crippen LogP contribution in [0.4, 0.5) is 0 Å². The molecule has 0 unspecified atom stereocenters. The number of amides is 1. The van der Waals surface area contributed by atoms with Crippen LogP contribution in [0.15, 0.2) is 10.9 Å². The first kappa shape index (κ1) is 20.5. The summed E-state index contributed by atoms with van der Waals surface area (Å²) in [7, 11) is -2.93. The maximum atomic E-state index is 12.6. The Bertz CT molecular complexity index is 905. The number of likely N-dealkylation sites (tertiary alicyclic amines) is 1. The number of hydrogen-bond donors (Lipinski definition) is 0. The van der Waals surface area contributed by atoms with Gasteiger partial charge in [0.2, 0.25) is 5.91 Å². The molecule has 8 nitrogen and oxygen atoms in total. The average Bonchev–Trinajstić information content (AvgIpc) is 2.95. The van der Waals surface area contributed by atoms with E-state index in [1.807, 2.05) is 14.4 Å². The lowest BCUT2D eigenvalue weighted by Crippen LogP contribution is -2.48. The van der Waals surface area contributed by atoms with Crippen molar-refractivity contribution >= 4 is 15.7 Å². The van der Waals surface area contributed by atoms with Crippen LogP contribution in [-0.4, -0.2) is 77.9 Å². The summed E-state index contributed by atoms with van der Waals surface area (Å²) in [6, 6.07) is 1.70. The number of carbonyl (C=O) groups is 1. The molecule has 0 N–H and O–H groups in total. The van der Waals surface area contributed by atoms with Crippen LogP contribution in [0, 0.1) is 0 Å². The summed E-state index contributed by atoms with van der Waals surface area (Å²) >= 11 is 0. The highest BCUT2D eigenvalue weighted by molar-refractivity contribution is 7.91. The minimum Gasteiger partial charge on any atom is -0.342 e. The van der Waals surface area contributed by atoms with Gasteiger partial charge >= 0.3 is 0 Å². The number of rotatable bonds is 3. The fraction of sp³-hybridized carbons (Fsp3) is 0.750. The SMILES string of the molecule is O=C(CN1CCS(=O)(=O)CC1)N1CCC(c2cc(=O)n3c(n2)CCCCC3)CC1. The molecular weight excluding hydrogens is 392 g/mol. The first-order valence-electron chi connectivity index (χ1n) is 10.7. The van der Waals surface area contributed by atoms with Crippen molar-refractivity contribution in [1.82, 2.24) is 19.4 Å². The van der Waals surface area contributed by atoms with Crippen molar-refractivity contribution in [3.63, 3.8) is 0 Å². The second-order valence-corrected chi connectivity index (χ2v) is 10.8. The molecular formula is C20H30N4O4S. The molecule has 0 aromatic carbocycles. The number of nitrogens with zero attached hydrogens (tertiary/aromatic N) is 4. The third kappa shape index (κ3) is 4.88. The van der Waals surface area contributed by atoms with Crippen molar-refractivity contribution in [3.8, 4) is 0 Å². The Balaban J connectivity index is 1.34. The van der Waals surface area contributed by atoms with Gasteiger partial charge in [0.05, 0.1) is 23.7 Å². The smallest absolute Gasteiger partial charge is 0.253 e. The van der Waals surface area contributed by atoms with Gasteiger partial charge in [-0.2, -0.15) is 0 Å². The molecule has 2 fully saturated rings. The van der Waals surface area contributed by atoms with Crippen LogP contribution in [0.1, 0.15) is 49.5 Å². The Labute approximate surface area is 171 Å².